The van der Waals surface area contributed by atoms with E-state index in [-0.39, 0.29) is 17.4 Å². The predicted molar refractivity (Wildman–Crippen MR) is 79.7 cm³/mol. The molecule has 0 saturated carbocycles. The van der Waals surface area contributed by atoms with Gasteiger partial charge in [-0.3, -0.25) is 10.1 Å². The van der Waals surface area contributed by atoms with Crippen molar-refractivity contribution in [3.05, 3.63) is 35.2 Å². The first-order valence-corrected chi connectivity index (χ1v) is 6.58. The lowest BCUT2D eigenvalue weighted by Crippen LogP contribution is -2.27. The number of rotatable bonds is 3. The van der Waals surface area contributed by atoms with E-state index in [0.29, 0.717) is 5.56 Å². The van der Waals surface area contributed by atoms with Gasteiger partial charge in [0, 0.05) is 16.9 Å². The first kappa shape index (κ1) is 16.3. The molecule has 2 amide bonds. The fourth-order valence-corrected chi connectivity index (χ4v) is 1.59. The Labute approximate surface area is 131 Å². The molecule has 0 radical (unpaired) electrons. The second-order valence-corrected chi connectivity index (χ2v) is 5.49. The zero-order valence-electron chi connectivity index (χ0n) is 12.7. The number of carbonyl (C=O) groups is 2. The van der Waals surface area contributed by atoms with Gasteiger partial charge in [0.2, 0.25) is 5.89 Å². The summed E-state index contributed by atoms with van der Waals surface area (Å²) in [6, 6.07) is 3.05. The smallest absolute Gasteiger partial charge is 0.413 e. The van der Waals surface area contributed by atoms with Crippen LogP contribution in [0.4, 0.5) is 10.6 Å². The van der Waals surface area contributed by atoms with Crippen molar-refractivity contribution in [2.75, 3.05) is 5.32 Å². The molecule has 0 saturated heterocycles. The number of amides is 2. The van der Waals surface area contributed by atoms with Gasteiger partial charge in [-0.25, -0.2) is 14.8 Å². The molecule has 9 nitrogen and oxygen atoms in total. The molecule has 2 aromatic heterocycles. The zero-order chi connectivity index (χ0) is 17.0. The normalized spacial score (nSPS) is 10.9. The topological polar surface area (TPSA) is 124 Å². The maximum Gasteiger partial charge on any atom is 0.413 e. The van der Waals surface area contributed by atoms with Crippen molar-refractivity contribution in [1.29, 1.82) is 0 Å². The van der Waals surface area contributed by atoms with Crippen LogP contribution in [0.3, 0.4) is 0 Å². The standard InChI is InChI=1S/C14H14N4O5/c1-14(2,3)23-13(20)17-10-6-8(4-5-15-10)12-16-9(7-22-12)11(19)18-21/h4-7H,1-3H3,(H,15,17,20). The number of anilines is 1. The Balaban J connectivity index is 2.17. The van der Waals surface area contributed by atoms with E-state index in [1.807, 2.05) is 0 Å². The van der Waals surface area contributed by atoms with Gasteiger partial charge in [-0.15, -0.1) is 4.91 Å². The molecule has 1 N–H and O–H groups in total. The van der Waals surface area contributed by atoms with Crippen LogP contribution < -0.4 is 5.32 Å². The van der Waals surface area contributed by atoms with Gasteiger partial charge in [0.25, 0.3) is 0 Å². The van der Waals surface area contributed by atoms with E-state index in [1.165, 1.54) is 12.3 Å². The Kier molecular flexibility index (Phi) is 4.49. The van der Waals surface area contributed by atoms with Crippen LogP contribution in [0.5, 0.6) is 0 Å². The van der Waals surface area contributed by atoms with Crippen LogP contribution in [-0.4, -0.2) is 27.6 Å². The van der Waals surface area contributed by atoms with Crippen molar-refractivity contribution in [2.45, 2.75) is 26.4 Å². The molecule has 2 rings (SSSR count). The Hall–Kier alpha value is -3.10. The van der Waals surface area contributed by atoms with Gasteiger partial charge >= 0.3 is 12.0 Å². The molecular formula is C14H14N4O5. The molecule has 23 heavy (non-hydrogen) atoms. The van der Waals surface area contributed by atoms with Crippen molar-refractivity contribution in [1.82, 2.24) is 9.97 Å². The third kappa shape index (κ3) is 4.43. The van der Waals surface area contributed by atoms with Gasteiger partial charge < -0.3 is 9.15 Å². The summed E-state index contributed by atoms with van der Waals surface area (Å²) >= 11 is 0. The Morgan fingerprint density at radius 1 is 1.35 bits per heavy atom. The SMILES string of the molecule is CC(C)(C)OC(=O)Nc1cc(-c2nc(C(=O)N=O)co2)ccn1. The molecule has 0 aliphatic rings. The summed E-state index contributed by atoms with van der Waals surface area (Å²) in [6.07, 6.45) is 1.79. The number of hydrogen-bond donors (Lipinski definition) is 1. The van der Waals surface area contributed by atoms with Crippen LogP contribution in [0.2, 0.25) is 0 Å². The quantitative estimate of drug-likeness (QED) is 0.862. The van der Waals surface area contributed by atoms with E-state index < -0.39 is 17.6 Å². The summed E-state index contributed by atoms with van der Waals surface area (Å²) in [5, 5.41) is 4.73. The molecule has 0 aliphatic heterocycles. The molecule has 0 unspecified atom stereocenters. The number of pyridine rings is 1. The zero-order valence-corrected chi connectivity index (χ0v) is 12.7. The monoisotopic (exact) mass is 318 g/mol. The van der Waals surface area contributed by atoms with Gasteiger partial charge in [-0.05, 0) is 32.9 Å². The molecule has 0 aliphatic carbocycles. The fraction of sp³-hybridized carbons (Fsp3) is 0.286. The van der Waals surface area contributed by atoms with Crippen molar-refractivity contribution < 1.29 is 18.7 Å². The molecule has 2 aromatic rings. The lowest BCUT2D eigenvalue weighted by atomic mass is 10.2. The van der Waals surface area contributed by atoms with Crippen LogP contribution in [0.1, 0.15) is 31.3 Å². The van der Waals surface area contributed by atoms with Gasteiger partial charge in [0.1, 0.15) is 17.7 Å². The number of aromatic nitrogens is 2. The van der Waals surface area contributed by atoms with Gasteiger partial charge in [-0.2, -0.15) is 0 Å². The molecule has 120 valence electrons. The average Bonchev–Trinajstić information content (AvgIpc) is 2.94. The second-order valence-electron chi connectivity index (χ2n) is 5.49. The lowest BCUT2D eigenvalue weighted by molar-refractivity contribution is 0.0635. The van der Waals surface area contributed by atoms with Crippen LogP contribution in [0.15, 0.2) is 34.2 Å². The number of nitroso groups, excluding NO2 is 1. The summed E-state index contributed by atoms with van der Waals surface area (Å²) in [5.74, 6) is -0.718. The number of oxazole rings is 1. The highest BCUT2D eigenvalue weighted by molar-refractivity contribution is 5.93. The third-order valence-electron chi connectivity index (χ3n) is 2.44. The van der Waals surface area contributed by atoms with E-state index in [1.54, 1.807) is 26.8 Å². The lowest BCUT2D eigenvalue weighted by Gasteiger charge is -2.19. The minimum atomic E-state index is -1.03. The molecule has 9 heteroatoms. The molecule has 0 spiro atoms. The Bertz CT molecular complexity index is 748. The summed E-state index contributed by atoms with van der Waals surface area (Å²) in [4.78, 5) is 40.8. The fourth-order valence-electron chi connectivity index (χ4n) is 1.59. The highest BCUT2D eigenvalue weighted by Crippen LogP contribution is 2.21. The third-order valence-corrected chi connectivity index (χ3v) is 2.44. The number of ether oxygens (including phenoxy) is 1. The van der Waals surface area contributed by atoms with Crippen LogP contribution in [0.25, 0.3) is 11.5 Å². The largest absolute Gasteiger partial charge is 0.444 e. The molecule has 0 fully saturated rings. The highest BCUT2D eigenvalue weighted by Gasteiger charge is 2.18. The van der Waals surface area contributed by atoms with Crippen molar-refractivity contribution in [3.8, 4) is 11.5 Å². The van der Waals surface area contributed by atoms with Crippen molar-refractivity contribution >= 4 is 17.8 Å². The maximum atomic E-state index is 11.7. The van der Waals surface area contributed by atoms with E-state index in [0.717, 1.165) is 6.26 Å². The van der Waals surface area contributed by atoms with E-state index >= 15 is 0 Å². The number of hydrogen-bond acceptors (Lipinski definition) is 7. The maximum absolute atomic E-state index is 11.7. The summed E-state index contributed by atoms with van der Waals surface area (Å²) < 4.78 is 10.2. The van der Waals surface area contributed by atoms with E-state index in [9.17, 15) is 14.5 Å². The molecular weight excluding hydrogens is 304 g/mol. The first-order chi connectivity index (χ1) is 10.8. The van der Waals surface area contributed by atoms with Crippen LogP contribution >= 0.6 is 0 Å². The van der Waals surface area contributed by atoms with Gasteiger partial charge in [0.05, 0.1) is 0 Å². The van der Waals surface area contributed by atoms with Gasteiger partial charge in [0.15, 0.2) is 5.69 Å². The predicted octanol–water partition coefficient (Wildman–Crippen LogP) is 2.99. The van der Waals surface area contributed by atoms with Gasteiger partial charge in [-0.1, -0.05) is 0 Å². The highest BCUT2D eigenvalue weighted by atomic mass is 16.6. The Morgan fingerprint density at radius 2 is 2.09 bits per heavy atom. The molecule has 0 aromatic carbocycles. The van der Waals surface area contributed by atoms with E-state index in [2.05, 4.69) is 20.5 Å². The minimum Gasteiger partial charge on any atom is -0.444 e. The first-order valence-electron chi connectivity index (χ1n) is 6.58. The Morgan fingerprint density at radius 3 is 2.74 bits per heavy atom. The summed E-state index contributed by atoms with van der Waals surface area (Å²) in [5.41, 5.74) is -0.383. The van der Waals surface area contributed by atoms with E-state index in [4.69, 9.17) is 9.15 Å². The second kappa shape index (κ2) is 6.34. The summed E-state index contributed by atoms with van der Waals surface area (Å²) in [7, 11) is 0. The number of carbonyl (C=O) groups excluding carboxylic acids is 2. The number of nitrogens with one attached hydrogen (secondary N) is 1. The van der Waals surface area contributed by atoms with Crippen LogP contribution in [0, 0.1) is 4.91 Å². The number of nitrogens with zero attached hydrogens (tertiary/aromatic N) is 3. The molecule has 2 heterocycles. The molecule has 0 atom stereocenters. The summed E-state index contributed by atoms with van der Waals surface area (Å²) in [6.45, 7) is 5.22. The van der Waals surface area contributed by atoms with Crippen molar-refractivity contribution in [3.63, 3.8) is 0 Å². The van der Waals surface area contributed by atoms with Crippen molar-refractivity contribution in [2.24, 2.45) is 5.18 Å². The average molecular weight is 318 g/mol. The van der Waals surface area contributed by atoms with Crippen LogP contribution in [-0.2, 0) is 4.74 Å². The molecule has 0 bridgehead atoms. The minimum absolute atomic E-state index is 0.0895.